The van der Waals surface area contributed by atoms with Crippen molar-refractivity contribution in [1.82, 2.24) is 4.98 Å². The van der Waals surface area contributed by atoms with E-state index >= 15 is 0 Å². The Labute approximate surface area is 124 Å². The molecule has 0 aliphatic heterocycles. The highest BCUT2D eigenvalue weighted by Gasteiger charge is 2.11. The van der Waals surface area contributed by atoms with Gasteiger partial charge in [0.05, 0.1) is 14.2 Å². The van der Waals surface area contributed by atoms with Crippen molar-refractivity contribution in [2.24, 2.45) is 0 Å². The summed E-state index contributed by atoms with van der Waals surface area (Å²) in [6.45, 7) is 2.09. The summed E-state index contributed by atoms with van der Waals surface area (Å²) in [5, 5.41) is 5.44. The maximum absolute atomic E-state index is 5.77. The minimum absolute atomic E-state index is 0.263. The molecule has 0 saturated carbocycles. The molecule has 108 valence electrons. The first-order valence-corrected chi connectivity index (χ1v) is 7.06. The third-order valence-electron chi connectivity index (χ3n) is 3.19. The van der Waals surface area contributed by atoms with Gasteiger partial charge < -0.3 is 14.8 Å². The summed E-state index contributed by atoms with van der Waals surface area (Å²) >= 11 is 5.77. The summed E-state index contributed by atoms with van der Waals surface area (Å²) in [5.74, 6) is 2.86. The monoisotopic (exact) mass is 294 g/mol. The molecule has 0 bridgehead atoms. The average molecular weight is 295 g/mol. The number of halogens is 1. The van der Waals surface area contributed by atoms with Crippen LogP contribution in [0.15, 0.2) is 24.4 Å². The zero-order valence-corrected chi connectivity index (χ0v) is 12.7. The SMILES string of the molecule is COc1cc2ccnc(NC(C)CCCl)c2cc1OC. The molecule has 4 nitrogen and oxygen atoms in total. The predicted molar refractivity (Wildman–Crippen MR) is 83.3 cm³/mol. The third kappa shape index (κ3) is 3.07. The molecule has 0 spiro atoms. The molecule has 1 aromatic heterocycles. The molecule has 1 unspecified atom stereocenters. The molecular weight excluding hydrogens is 276 g/mol. The van der Waals surface area contributed by atoms with Gasteiger partial charge in [0.2, 0.25) is 0 Å². The van der Waals surface area contributed by atoms with Crippen LogP contribution < -0.4 is 14.8 Å². The second-order valence-electron chi connectivity index (χ2n) is 4.61. The zero-order valence-electron chi connectivity index (χ0n) is 11.9. The van der Waals surface area contributed by atoms with E-state index in [2.05, 4.69) is 17.2 Å². The van der Waals surface area contributed by atoms with Crippen LogP contribution in [0.2, 0.25) is 0 Å². The van der Waals surface area contributed by atoms with Gasteiger partial charge in [-0.1, -0.05) is 0 Å². The van der Waals surface area contributed by atoms with Gasteiger partial charge in [-0.05, 0) is 36.9 Å². The number of hydrogen-bond donors (Lipinski definition) is 1. The van der Waals surface area contributed by atoms with Crippen molar-refractivity contribution < 1.29 is 9.47 Å². The van der Waals surface area contributed by atoms with Crippen molar-refractivity contribution in [3.63, 3.8) is 0 Å². The summed E-state index contributed by atoms with van der Waals surface area (Å²) in [5.41, 5.74) is 0. The van der Waals surface area contributed by atoms with Crippen molar-refractivity contribution in [2.75, 3.05) is 25.4 Å². The van der Waals surface area contributed by atoms with Crippen molar-refractivity contribution in [3.05, 3.63) is 24.4 Å². The van der Waals surface area contributed by atoms with Crippen LogP contribution in [0.3, 0.4) is 0 Å². The van der Waals surface area contributed by atoms with Crippen LogP contribution in [0.25, 0.3) is 10.8 Å². The number of rotatable bonds is 6. The Balaban J connectivity index is 2.45. The van der Waals surface area contributed by atoms with Crippen molar-refractivity contribution >= 4 is 28.2 Å². The lowest BCUT2D eigenvalue weighted by atomic mass is 10.1. The lowest BCUT2D eigenvalue weighted by Crippen LogP contribution is -2.16. The lowest BCUT2D eigenvalue weighted by Gasteiger charge is -2.16. The molecule has 1 N–H and O–H groups in total. The largest absolute Gasteiger partial charge is 0.493 e. The maximum atomic E-state index is 5.77. The fourth-order valence-electron chi connectivity index (χ4n) is 2.08. The Morgan fingerprint density at radius 3 is 2.60 bits per heavy atom. The molecule has 2 aromatic rings. The fraction of sp³-hybridized carbons (Fsp3) is 0.400. The van der Waals surface area contributed by atoms with Gasteiger partial charge in [0, 0.05) is 23.5 Å². The molecule has 5 heteroatoms. The first-order valence-electron chi connectivity index (χ1n) is 6.52. The van der Waals surface area contributed by atoms with Gasteiger partial charge >= 0.3 is 0 Å². The molecule has 0 saturated heterocycles. The molecule has 0 amide bonds. The van der Waals surface area contributed by atoms with Crippen molar-refractivity contribution in [1.29, 1.82) is 0 Å². The van der Waals surface area contributed by atoms with Crippen LogP contribution in [0.5, 0.6) is 11.5 Å². The second kappa shape index (κ2) is 6.66. The molecule has 1 atom stereocenters. The number of methoxy groups -OCH3 is 2. The van der Waals surface area contributed by atoms with Gasteiger partial charge in [0.15, 0.2) is 11.5 Å². The van der Waals surface area contributed by atoms with E-state index in [1.807, 2.05) is 18.2 Å². The Hall–Kier alpha value is -1.68. The van der Waals surface area contributed by atoms with E-state index in [9.17, 15) is 0 Å². The highest BCUT2D eigenvalue weighted by atomic mass is 35.5. The van der Waals surface area contributed by atoms with Crippen LogP contribution >= 0.6 is 11.6 Å². The minimum atomic E-state index is 0.263. The molecule has 0 aliphatic rings. The normalized spacial score (nSPS) is 12.2. The van der Waals surface area contributed by atoms with E-state index in [1.165, 1.54) is 0 Å². The van der Waals surface area contributed by atoms with Gasteiger partial charge in [-0.2, -0.15) is 0 Å². The van der Waals surface area contributed by atoms with E-state index < -0.39 is 0 Å². The molecule has 0 aliphatic carbocycles. The van der Waals surface area contributed by atoms with E-state index in [0.717, 1.165) is 23.0 Å². The fourth-order valence-corrected chi connectivity index (χ4v) is 2.41. The van der Waals surface area contributed by atoms with Crippen LogP contribution in [0.1, 0.15) is 13.3 Å². The number of nitrogens with zero attached hydrogens (tertiary/aromatic N) is 1. The van der Waals surface area contributed by atoms with Gasteiger partial charge in [-0.3, -0.25) is 0 Å². The summed E-state index contributed by atoms with van der Waals surface area (Å²) in [4.78, 5) is 4.41. The van der Waals surface area contributed by atoms with Crippen molar-refractivity contribution in [2.45, 2.75) is 19.4 Å². The standard InChI is InChI=1S/C15H19ClN2O2/c1-10(4-6-16)18-15-12-9-14(20-3)13(19-2)8-11(12)5-7-17-15/h5,7-10H,4,6H2,1-3H3,(H,17,18). The number of hydrogen-bond acceptors (Lipinski definition) is 4. The molecule has 0 fully saturated rings. The number of aromatic nitrogens is 1. The molecule has 1 heterocycles. The first-order chi connectivity index (χ1) is 9.69. The lowest BCUT2D eigenvalue weighted by molar-refractivity contribution is 0.356. The molecular formula is C15H19ClN2O2. The van der Waals surface area contributed by atoms with Crippen LogP contribution in [-0.4, -0.2) is 31.1 Å². The van der Waals surface area contributed by atoms with Gasteiger partial charge in [0.1, 0.15) is 5.82 Å². The quantitative estimate of drug-likeness (QED) is 0.825. The smallest absolute Gasteiger partial charge is 0.161 e. The van der Waals surface area contributed by atoms with Crippen LogP contribution in [0, 0.1) is 0 Å². The van der Waals surface area contributed by atoms with Crippen LogP contribution in [0.4, 0.5) is 5.82 Å². The average Bonchev–Trinajstić information content (AvgIpc) is 2.46. The zero-order chi connectivity index (χ0) is 14.5. The number of ether oxygens (including phenoxy) is 2. The highest BCUT2D eigenvalue weighted by molar-refractivity contribution is 6.17. The number of benzene rings is 1. The Morgan fingerprint density at radius 2 is 1.95 bits per heavy atom. The number of anilines is 1. The summed E-state index contributed by atoms with van der Waals surface area (Å²) in [7, 11) is 3.26. The van der Waals surface area contributed by atoms with Gasteiger partial charge in [-0.15, -0.1) is 11.6 Å². The van der Waals surface area contributed by atoms with Gasteiger partial charge in [-0.25, -0.2) is 4.98 Å². The van der Waals surface area contributed by atoms with Crippen molar-refractivity contribution in [3.8, 4) is 11.5 Å². The number of nitrogens with one attached hydrogen (secondary N) is 1. The molecule has 1 aromatic carbocycles. The van der Waals surface area contributed by atoms with E-state index in [4.69, 9.17) is 21.1 Å². The maximum Gasteiger partial charge on any atom is 0.161 e. The molecule has 20 heavy (non-hydrogen) atoms. The summed E-state index contributed by atoms with van der Waals surface area (Å²) < 4.78 is 10.7. The van der Waals surface area contributed by atoms with E-state index in [0.29, 0.717) is 17.4 Å². The Bertz CT molecular complexity index is 589. The topological polar surface area (TPSA) is 43.4 Å². The van der Waals surface area contributed by atoms with E-state index in [1.54, 1.807) is 20.4 Å². The number of pyridine rings is 1. The molecule has 2 rings (SSSR count). The number of alkyl halides is 1. The second-order valence-corrected chi connectivity index (χ2v) is 4.99. The van der Waals surface area contributed by atoms with Gasteiger partial charge in [0.25, 0.3) is 0 Å². The minimum Gasteiger partial charge on any atom is -0.493 e. The first kappa shape index (κ1) is 14.7. The predicted octanol–water partition coefficient (Wildman–Crippen LogP) is 3.68. The van der Waals surface area contributed by atoms with Crippen LogP contribution in [-0.2, 0) is 0 Å². The summed E-state index contributed by atoms with van der Waals surface area (Å²) in [6, 6.07) is 6.11. The third-order valence-corrected chi connectivity index (χ3v) is 3.41. The highest BCUT2D eigenvalue weighted by Crippen LogP contribution is 2.34. The Kier molecular flexibility index (Phi) is 4.90. The summed E-state index contributed by atoms with van der Waals surface area (Å²) in [6.07, 6.45) is 2.66. The Morgan fingerprint density at radius 1 is 1.25 bits per heavy atom. The number of fused-ring (bicyclic) bond motifs is 1. The molecule has 0 radical (unpaired) electrons. The van der Waals surface area contributed by atoms with E-state index in [-0.39, 0.29) is 6.04 Å².